The first-order valence-corrected chi connectivity index (χ1v) is 52.7. The van der Waals surface area contributed by atoms with Gasteiger partial charge in [0.2, 0.25) is 0 Å². The molecule has 0 bridgehead atoms. The minimum atomic E-state index is -5.65. The van der Waals surface area contributed by atoms with E-state index in [2.05, 4.69) is 295 Å². The fourth-order valence-electron chi connectivity index (χ4n) is 15.3. The summed E-state index contributed by atoms with van der Waals surface area (Å²) in [5.74, 6) is 5.69. The van der Waals surface area contributed by atoms with Crippen LogP contribution in [0.1, 0.15) is 195 Å². The van der Waals surface area contributed by atoms with E-state index in [1.165, 1.54) is 133 Å². The second-order valence-electron chi connectivity index (χ2n) is 30.9. The van der Waals surface area contributed by atoms with Gasteiger partial charge in [-0.05, 0) is 186 Å². The number of ketones is 1. The van der Waals surface area contributed by atoms with Gasteiger partial charge in [-0.3, -0.25) is 4.79 Å². The van der Waals surface area contributed by atoms with Crippen LogP contribution in [0.2, 0.25) is 0 Å². The van der Waals surface area contributed by atoms with E-state index in [1.54, 1.807) is 33.6 Å². The monoisotopic (exact) mass is 1730 g/mol. The largest absolute Gasteiger partial charge is 0.534 e. The molecule has 5 saturated carbocycles. The third-order valence-corrected chi connectivity index (χ3v) is 39.9. The van der Waals surface area contributed by atoms with Crippen LogP contribution in [0.15, 0.2) is 214 Å². The Hall–Kier alpha value is -3.65. The van der Waals surface area contributed by atoms with E-state index in [-0.39, 0.29) is 35.9 Å². The number of carbonyl (C=O) groups excluding carboxylic acids is 1. The number of rotatable bonds is 23. The third-order valence-electron chi connectivity index (χ3n) is 23.3. The zero-order valence-electron chi connectivity index (χ0n) is 64.3. The second-order valence-corrected chi connectivity index (χ2v) is 48.4. The van der Waals surface area contributed by atoms with Crippen molar-refractivity contribution in [1.29, 1.82) is 0 Å². The molecule has 0 heterocycles. The summed E-state index contributed by atoms with van der Waals surface area (Å²) in [6.45, 7) is 37.9. The first kappa shape index (κ1) is 98.5. The lowest BCUT2D eigenvalue weighted by Crippen LogP contribution is -2.47. The number of hydrogen-bond acceptors (Lipinski definition) is 8. The number of benzene rings is 5. The Morgan fingerprint density at radius 1 is 0.472 bits per heavy atom. The molecule has 4 nitrogen and oxygen atoms in total. The molecule has 10 rings (SSSR count). The lowest BCUT2D eigenvalue weighted by atomic mass is 9.53. The van der Waals surface area contributed by atoms with Gasteiger partial charge in [-0.1, -0.05) is 309 Å². The van der Waals surface area contributed by atoms with Crippen molar-refractivity contribution in [3.05, 3.63) is 241 Å². The smallest absolute Gasteiger partial charge is 0.381 e. The number of allylic oxidation sites excluding steroid dienone is 7. The van der Waals surface area contributed by atoms with Gasteiger partial charge in [-0.15, -0.1) is 13.2 Å². The normalized spacial score (nSPS) is 23.0. The van der Waals surface area contributed by atoms with Crippen LogP contribution in [0.4, 0.5) is 13.2 Å². The Balaban J connectivity index is 0.000000337. The highest BCUT2D eigenvalue weighted by Crippen LogP contribution is 2.58. The lowest BCUT2D eigenvalue weighted by Gasteiger charge is -2.52. The molecule has 10 atom stereocenters. The molecule has 21 heteroatoms. The summed E-state index contributed by atoms with van der Waals surface area (Å²) >= 11 is 18.2. The van der Waals surface area contributed by atoms with Crippen LogP contribution in [-0.2, 0) is 150 Å². The molecule has 0 N–H and O–H groups in total. The summed E-state index contributed by atoms with van der Waals surface area (Å²) in [7, 11) is 7.35. The number of halogens is 3. The topological polar surface area (TPSA) is 60.4 Å². The van der Waals surface area contributed by atoms with Gasteiger partial charge in [-0.25, -0.2) is 0 Å². The molecule has 108 heavy (non-hydrogen) atoms. The van der Waals surface area contributed by atoms with E-state index in [9.17, 15) is 26.4 Å². The Labute approximate surface area is 695 Å². The van der Waals surface area contributed by atoms with Crippen LogP contribution >= 0.6 is 0 Å². The number of carbonyl (C=O) groups is 1. The van der Waals surface area contributed by atoms with Crippen LogP contribution in [0.25, 0.3) is 24.3 Å². The number of aryl methyl sites for hydroxylation is 1. The number of hydrogen-bond donors (Lipinski definition) is 0. The van der Waals surface area contributed by atoms with Crippen molar-refractivity contribution in [1.82, 2.24) is 0 Å². The molecule has 0 aromatic heterocycles. The van der Waals surface area contributed by atoms with Crippen molar-refractivity contribution < 1.29 is 30.6 Å². The molecular formula is C87H117F3O4S14. The Kier molecular flexibility index (Phi) is 45.5. The van der Waals surface area contributed by atoms with E-state index >= 15 is 0 Å². The molecule has 0 amide bonds. The maximum atomic E-state index is 12.4. The minimum absolute atomic E-state index is 0. The number of Topliss-reactive ketones (excluding diaryl/α,β-unsaturated/α-hetero) is 1. The fourth-order valence-corrected chi connectivity index (χ4v) is 29.5. The Morgan fingerprint density at radius 2 is 0.787 bits per heavy atom. The Bertz CT molecular complexity index is 4110. The van der Waals surface area contributed by atoms with Crippen molar-refractivity contribution in [3.8, 4) is 0 Å². The van der Waals surface area contributed by atoms with Gasteiger partial charge in [-0.2, -0.15) is 21.6 Å². The summed E-state index contributed by atoms with van der Waals surface area (Å²) in [6.07, 6.45) is 37.0. The first-order chi connectivity index (χ1) is 50.7. The van der Waals surface area contributed by atoms with Gasteiger partial charge in [0.05, 0.1) is 0 Å². The standard InChI is InChI=1S/C18H21F3O3S.C17H22O.C17H26.2C17H22.CH4.S7.S6/c1-13(24-25(22,23)18(19,20)21)16-12-15(17(16,2)3)11-7-10-14-8-5-4-6-9-14;1-13(18)16-12-15(17(16,2)3)11-7-10-14-8-5-4-6-9-14;3*1-4-15-13-16(17(15,2)3)12-8-11-14-9-6-5-7-10-14;;1-3-5-7-6-4-2;1-3-5-6-4-2/h4-10,15-16H,1,11-12H2,2-3H3;4-10,15-16H,11-12H2,1-3H3;5-7,9-10,15-16H,4,8,11-13H2,1-3H3;2*4-11,15-16H,1,12-13H2,2-3H3;1H4;;/b2*10-7-;;11-8+;11-8-;;;/t2*15-,16-;3*15-,16+;;;/m00111.../s1. The summed E-state index contributed by atoms with van der Waals surface area (Å²) in [5, 5.41) is 0. The van der Waals surface area contributed by atoms with Crippen LogP contribution < -0.4 is 0 Å². The third kappa shape index (κ3) is 32.0. The molecule has 5 aliphatic carbocycles. The molecule has 0 unspecified atom stereocenters. The Morgan fingerprint density at radius 3 is 1.06 bits per heavy atom. The van der Waals surface area contributed by atoms with Gasteiger partial charge in [0.1, 0.15) is 11.5 Å². The first-order valence-electron chi connectivity index (χ1n) is 36.6. The summed E-state index contributed by atoms with van der Waals surface area (Å²) in [5.41, 5.74) is 2.22. The van der Waals surface area contributed by atoms with Crippen molar-refractivity contribution in [3.63, 3.8) is 0 Å². The molecular weight excluding hydrogens is 1610 g/mol. The lowest BCUT2D eigenvalue weighted by molar-refractivity contribution is -0.135. The molecule has 0 aliphatic heterocycles. The second kappa shape index (κ2) is 49.9. The highest BCUT2D eigenvalue weighted by Gasteiger charge is 2.54. The SMILES string of the molecule is C.C=C(OS(=O)(=O)C(F)(F)F)[C@@H]1C[C@H](C/C=C\c2ccccc2)C1(C)C.C=C[C@@H]1C[C@H](C/C=C/c2ccccc2)C1(C)C.C=C[C@@H]1C[C@H](C/C=C\c2ccccc2)C1(C)C.CC(=O)[C@@H]1C[C@H](C/C=C\c2ccccc2)C1(C)C.CC[C@@H]1C[C@H](CCCc2ccccc2)C1(C)C.S=S=S=S=S=S.S=S=S=S=S=S=S. The summed E-state index contributed by atoms with van der Waals surface area (Å²) in [4.78, 5) is 11.5. The van der Waals surface area contributed by atoms with Gasteiger partial charge >= 0.3 is 15.6 Å². The van der Waals surface area contributed by atoms with Crippen molar-refractivity contribution >= 4 is 165 Å². The van der Waals surface area contributed by atoms with Crippen molar-refractivity contribution in [2.45, 2.75) is 179 Å². The van der Waals surface area contributed by atoms with Gasteiger partial charge in [0.15, 0.2) is 0 Å². The van der Waals surface area contributed by atoms with E-state index in [1.807, 2.05) is 62.4 Å². The highest BCUT2D eigenvalue weighted by atomic mass is 33.4. The minimum Gasteiger partial charge on any atom is -0.381 e. The molecule has 0 spiro atoms. The molecule has 5 aromatic carbocycles. The summed E-state index contributed by atoms with van der Waals surface area (Å²) in [6, 6.07) is 52.1. The fraction of sp³-hybridized carbons (Fsp3) is 0.483. The zero-order chi connectivity index (χ0) is 79.3. The van der Waals surface area contributed by atoms with Crippen LogP contribution in [0.3, 0.4) is 0 Å². The maximum Gasteiger partial charge on any atom is 0.534 e. The summed E-state index contributed by atoms with van der Waals surface area (Å²) < 4.78 is 63.7. The molecule has 5 aromatic rings. The average molecular weight is 1730 g/mol. The zero-order valence-corrected chi connectivity index (χ0v) is 75.7. The van der Waals surface area contributed by atoms with Crippen LogP contribution in [-0.4, -0.2) is 19.7 Å². The molecule has 5 fully saturated rings. The van der Waals surface area contributed by atoms with Gasteiger partial charge in [0.25, 0.3) is 0 Å². The highest BCUT2D eigenvalue weighted by molar-refractivity contribution is 8.68. The molecule has 594 valence electrons. The molecule has 5 aliphatic rings. The quantitative estimate of drug-likeness (QED) is 0.0278. The predicted molar refractivity (Wildman–Crippen MR) is 496 cm³/mol. The van der Waals surface area contributed by atoms with E-state index < -0.39 is 21.5 Å². The van der Waals surface area contributed by atoms with Crippen LogP contribution in [0, 0.1) is 86.3 Å². The average Bonchev–Trinajstić information content (AvgIpc) is 0.778. The van der Waals surface area contributed by atoms with Gasteiger partial charge < -0.3 is 4.18 Å². The van der Waals surface area contributed by atoms with E-state index in [0.717, 1.165) is 48.5 Å². The van der Waals surface area contributed by atoms with Gasteiger partial charge in [0, 0.05) is 137 Å². The number of alkyl halides is 3. The molecule has 0 radical (unpaired) electrons. The van der Waals surface area contributed by atoms with Crippen LogP contribution in [0.5, 0.6) is 0 Å². The molecule has 0 saturated heterocycles. The maximum absolute atomic E-state index is 12.4. The van der Waals surface area contributed by atoms with Crippen molar-refractivity contribution in [2.24, 2.45) is 86.3 Å². The van der Waals surface area contributed by atoms with E-state index in [0.29, 0.717) is 46.2 Å². The van der Waals surface area contributed by atoms with E-state index in [4.69, 9.17) is 0 Å². The van der Waals surface area contributed by atoms with Crippen molar-refractivity contribution in [2.75, 3.05) is 0 Å². The predicted octanol–water partition coefficient (Wildman–Crippen LogP) is 25.0.